The van der Waals surface area contributed by atoms with Crippen LogP contribution in [0.25, 0.3) is 5.57 Å². The normalized spacial score (nSPS) is 22.9. The minimum Gasteiger partial charge on any atom is -0.496 e. The monoisotopic (exact) mass is 408 g/mol. The molecule has 2 atom stereocenters. The Hall–Kier alpha value is -3.19. The maximum Gasteiger partial charge on any atom is 0.300 e. The molecule has 30 heavy (non-hydrogen) atoms. The lowest BCUT2D eigenvalue weighted by atomic mass is 9.89. The van der Waals surface area contributed by atoms with Crippen molar-refractivity contribution in [3.05, 3.63) is 59.3 Å². The van der Waals surface area contributed by atoms with Gasteiger partial charge in [0.1, 0.15) is 5.75 Å². The van der Waals surface area contributed by atoms with E-state index in [1.807, 2.05) is 37.4 Å². The van der Waals surface area contributed by atoms with Crippen molar-refractivity contribution in [2.45, 2.75) is 25.4 Å². The fraction of sp³-hybridized carbons (Fsp3) is 0.348. The van der Waals surface area contributed by atoms with Gasteiger partial charge in [-0.2, -0.15) is 0 Å². The molecule has 0 radical (unpaired) electrons. The first-order valence-corrected chi connectivity index (χ1v) is 10.1. The Labute approximate surface area is 175 Å². The predicted molar refractivity (Wildman–Crippen MR) is 113 cm³/mol. The molecule has 0 spiro atoms. The standard InChI is InChI=1S/C23H25N3O4/c1-3-4-10-26-13-19(17-7-9-24-21(17)23(26)28)18-12-15(5-6-20(18)29-2)22(27)25-16-8-11-30-14-16/h3-7,9,12-13,16,21H,8,10-11,14H2,1-2H3,(H,25,27)/p+1/b4-3+. The summed E-state index contributed by atoms with van der Waals surface area (Å²) in [6.45, 7) is 3.61. The Morgan fingerprint density at radius 1 is 1.43 bits per heavy atom. The van der Waals surface area contributed by atoms with Crippen LogP contribution in [0, 0.1) is 0 Å². The molecule has 3 aliphatic heterocycles. The summed E-state index contributed by atoms with van der Waals surface area (Å²) in [6.07, 6.45) is 10.2. The highest BCUT2D eigenvalue weighted by atomic mass is 16.5. The highest BCUT2D eigenvalue weighted by Crippen LogP contribution is 2.36. The lowest BCUT2D eigenvalue weighted by Gasteiger charge is -2.27. The molecule has 1 fully saturated rings. The first-order valence-electron chi connectivity index (χ1n) is 10.1. The number of carbonyl (C=O) groups excluding carboxylic acids is 2. The molecule has 2 unspecified atom stereocenters. The van der Waals surface area contributed by atoms with E-state index in [2.05, 4.69) is 10.3 Å². The summed E-state index contributed by atoms with van der Waals surface area (Å²) >= 11 is 0. The molecule has 0 aromatic heterocycles. The van der Waals surface area contributed by atoms with Crippen molar-refractivity contribution >= 4 is 23.6 Å². The van der Waals surface area contributed by atoms with Gasteiger partial charge < -0.3 is 19.7 Å². The van der Waals surface area contributed by atoms with Crippen LogP contribution in [-0.2, 0) is 9.53 Å². The number of allylic oxidation sites excluding steroid dienone is 2. The van der Waals surface area contributed by atoms with E-state index in [4.69, 9.17) is 9.47 Å². The third-order valence-electron chi connectivity index (χ3n) is 5.52. The van der Waals surface area contributed by atoms with Crippen LogP contribution in [0.15, 0.2) is 48.2 Å². The molecule has 0 bridgehead atoms. The Morgan fingerprint density at radius 3 is 3.03 bits per heavy atom. The largest absolute Gasteiger partial charge is 0.496 e. The SMILES string of the molecule is C/C=C/CN1C=C(c2cc(C(=O)NC3CCOC3)ccc2OC)C2=CC=[NH+]C2C1=O. The van der Waals surface area contributed by atoms with Gasteiger partial charge in [0.2, 0.25) is 0 Å². The van der Waals surface area contributed by atoms with Crippen LogP contribution in [0.2, 0.25) is 0 Å². The summed E-state index contributed by atoms with van der Waals surface area (Å²) in [6, 6.07) is 4.98. The first-order chi connectivity index (χ1) is 14.6. The van der Waals surface area contributed by atoms with Gasteiger partial charge in [-0.25, -0.2) is 4.99 Å². The number of benzene rings is 1. The van der Waals surface area contributed by atoms with E-state index in [1.54, 1.807) is 30.4 Å². The van der Waals surface area contributed by atoms with E-state index in [0.717, 1.165) is 23.1 Å². The van der Waals surface area contributed by atoms with Crippen LogP contribution in [0.3, 0.4) is 0 Å². The Kier molecular flexibility index (Phi) is 5.81. The second-order valence-corrected chi connectivity index (χ2v) is 7.44. The Morgan fingerprint density at radius 2 is 2.30 bits per heavy atom. The number of nitrogens with one attached hydrogen (secondary N) is 2. The number of rotatable bonds is 6. The van der Waals surface area contributed by atoms with Crippen molar-refractivity contribution in [3.63, 3.8) is 0 Å². The smallest absolute Gasteiger partial charge is 0.300 e. The zero-order valence-electron chi connectivity index (χ0n) is 17.2. The molecule has 3 heterocycles. The number of methoxy groups -OCH3 is 1. The first kappa shape index (κ1) is 20.1. The molecule has 2 N–H and O–H groups in total. The average molecular weight is 408 g/mol. The molecule has 1 aromatic carbocycles. The van der Waals surface area contributed by atoms with E-state index < -0.39 is 6.04 Å². The molecule has 156 valence electrons. The third-order valence-corrected chi connectivity index (χ3v) is 5.52. The maximum atomic E-state index is 12.8. The molecule has 4 rings (SSSR count). The zero-order chi connectivity index (χ0) is 21.1. The van der Waals surface area contributed by atoms with Gasteiger partial charge in [-0.3, -0.25) is 9.59 Å². The number of amides is 2. The molecular weight excluding hydrogens is 382 g/mol. The molecular formula is C23H26N3O4+. The van der Waals surface area contributed by atoms with Crippen molar-refractivity contribution in [2.24, 2.45) is 0 Å². The fourth-order valence-electron chi connectivity index (χ4n) is 3.89. The van der Waals surface area contributed by atoms with Gasteiger partial charge in [0, 0.05) is 47.7 Å². The molecule has 1 aromatic rings. The van der Waals surface area contributed by atoms with E-state index >= 15 is 0 Å². The van der Waals surface area contributed by atoms with Crippen molar-refractivity contribution in [1.29, 1.82) is 0 Å². The number of fused-ring (bicyclic) bond motifs is 1. The van der Waals surface area contributed by atoms with Gasteiger partial charge in [0.05, 0.1) is 19.8 Å². The molecule has 0 saturated carbocycles. The molecule has 0 aliphatic carbocycles. The zero-order valence-corrected chi connectivity index (χ0v) is 17.2. The van der Waals surface area contributed by atoms with Crippen LogP contribution in [-0.4, -0.2) is 61.9 Å². The lowest BCUT2D eigenvalue weighted by molar-refractivity contribution is -0.467. The van der Waals surface area contributed by atoms with Crippen molar-refractivity contribution in [2.75, 3.05) is 26.9 Å². The third kappa shape index (κ3) is 3.80. The summed E-state index contributed by atoms with van der Waals surface area (Å²) < 4.78 is 10.9. The predicted octanol–water partition coefficient (Wildman–Crippen LogP) is 0.433. The van der Waals surface area contributed by atoms with Crippen molar-refractivity contribution in [3.8, 4) is 5.75 Å². The second kappa shape index (κ2) is 8.67. The molecule has 3 aliphatic rings. The summed E-state index contributed by atoms with van der Waals surface area (Å²) in [5, 5.41) is 3.02. The molecule has 1 saturated heterocycles. The fourth-order valence-corrected chi connectivity index (χ4v) is 3.89. The van der Waals surface area contributed by atoms with E-state index in [-0.39, 0.29) is 17.9 Å². The van der Waals surface area contributed by atoms with Gasteiger partial charge in [0.25, 0.3) is 17.9 Å². The molecule has 7 nitrogen and oxygen atoms in total. The maximum absolute atomic E-state index is 12.8. The summed E-state index contributed by atoms with van der Waals surface area (Å²) in [5.41, 5.74) is 3.06. The minimum absolute atomic E-state index is 0.00838. The highest BCUT2D eigenvalue weighted by molar-refractivity contribution is 6.03. The average Bonchev–Trinajstić information content (AvgIpc) is 3.45. The Bertz CT molecular complexity index is 971. The van der Waals surface area contributed by atoms with Gasteiger partial charge in [0.15, 0.2) is 6.21 Å². The van der Waals surface area contributed by atoms with Gasteiger partial charge in [-0.05, 0) is 31.5 Å². The van der Waals surface area contributed by atoms with Crippen molar-refractivity contribution in [1.82, 2.24) is 10.2 Å². The Balaban J connectivity index is 1.71. The van der Waals surface area contributed by atoms with E-state index in [0.29, 0.717) is 31.1 Å². The summed E-state index contributed by atoms with van der Waals surface area (Å²) in [7, 11) is 1.60. The van der Waals surface area contributed by atoms with Gasteiger partial charge in [-0.1, -0.05) is 12.2 Å². The summed E-state index contributed by atoms with van der Waals surface area (Å²) in [4.78, 5) is 30.4. The lowest BCUT2D eigenvalue weighted by Crippen LogP contribution is -2.79. The van der Waals surface area contributed by atoms with Crippen molar-refractivity contribution < 1.29 is 24.1 Å². The minimum atomic E-state index is -0.437. The second-order valence-electron chi connectivity index (χ2n) is 7.44. The number of carbonyl (C=O) groups is 2. The molecule has 2 amide bonds. The topological polar surface area (TPSA) is 81.8 Å². The van der Waals surface area contributed by atoms with Crippen LogP contribution < -0.4 is 15.0 Å². The van der Waals surface area contributed by atoms with Crippen LogP contribution in [0.1, 0.15) is 29.3 Å². The number of hydrogen-bond donors (Lipinski definition) is 2. The highest BCUT2D eigenvalue weighted by Gasteiger charge is 2.40. The van der Waals surface area contributed by atoms with E-state index in [1.165, 1.54) is 0 Å². The molecule has 7 heteroatoms. The number of ether oxygens (including phenoxy) is 2. The van der Waals surface area contributed by atoms with Gasteiger partial charge >= 0.3 is 0 Å². The van der Waals surface area contributed by atoms with E-state index in [9.17, 15) is 9.59 Å². The number of hydrogen-bond acceptors (Lipinski definition) is 4. The van der Waals surface area contributed by atoms with Crippen LogP contribution in [0.4, 0.5) is 0 Å². The van der Waals surface area contributed by atoms with Gasteiger partial charge in [-0.15, -0.1) is 0 Å². The summed E-state index contributed by atoms with van der Waals surface area (Å²) in [5.74, 6) is 0.495. The quantitative estimate of drug-likeness (QED) is 0.669. The van der Waals surface area contributed by atoms with Crippen LogP contribution >= 0.6 is 0 Å². The van der Waals surface area contributed by atoms with Crippen LogP contribution in [0.5, 0.6) is 5.75 Å². The number of nitrogens with zero attached hydrogens (tertiary/aromatic N) is 1.